The minimum absolute atomic E-state index is 0.191. The normalized spacial score (nSPS) is 20.3. The molecule has 2 nitrogen and oxygen atoms in total. The SMILES string of the molecule is COCc1cc(Cl)c(F)c(C2CCNC2)c1. The molecule has 0 amide bonds. The molecule has 2 rings (SSSR count). The zero-order valence-electron chi connectivity index (χ0n) is 9.22. The number of benzene rings is 1. The van der Waals surface area contributed by atoms with E-state index in [2.05, 4.69) is 5.32 Å². The molecular formula is C12H15ClFNO. The molecular weight excluding hydrogens is 229 g/mol. The molecule has 1 aromatic carbocycles. The molecule has 0 aliphatic carbocycles. The van der Waals surface area contributed by atoms with E-state index in [-0.39, 0.29) is 16.8 Å². The number of methoxy groups -OCH3 is 1. The second-order valence-corrected chi connectivity index (χ2v) is 4.51. The summed E-state index contributed by atoms with van der Waals surface area (Å²) in [6.45, 7) is 2.23. The van der Waals surface area contributed by atoms with Gasteiger partial charge in [-0.25, -0.2) is 4.39 Å². The fourth-order valence-corrected chi connectivity index (χ4v) is 2.39. The van der Waals surface area contributed by atoms with Crippen molar-refractivity contribution in [2.75, 3.05) is 20.2 Å². The van der Waals surface area contributed by atoms with E-state index in [0.717, 1.165) is 25.1 Å². The molecule has 0 aromatic heterocycles. The fourth-order valence-electron chi connectivity index (χ4n) is 2.14. The second kappa shape index (κ2) is 5.13. The van der Waals surface area contributed by atoms with E-state index < -0.39 is 0 Å². The van der Waals surface area contributed by atoms with E-state index in [1.165, 1.54) is 0 Å². The van der Waals surface area contributed by atoms with Gasteiger partial charge in [0.1, 0.15) is 5.82 Å². The topological polar surface area (TPSA) is 21.3 Å². The van der Waals surface area contributed by atoms with E-state index in [1.54, 1.807) is 13.2 Å². The summed E-state index contributed by atoms with van der Waals surface area (Å²) in [6, 6.07) is 3.49. The van der Waals surface area contributed by atoms with Gasteiger partial charge < -0.3 is 10.1 Å². The van der Waals surface area contributed by atoms with Gasteiger partial charge in [0.2, 0.25) is 0 Å². The van der Waals surface area contributed by atoms with Crippen LogP contribution in [-0.4, -0.2) is 20.2 Å². The van der Waals surface area contributed by atoms with Crippen molar-refractivity contribution in [3.63, 3.8) is 0 Å². The van der Waals surface area contributed by atoms with Crippen molar-refractivity contribution in [1.29, 1.82) is 0 Å². The molecule has 1 aliphatic heterocycles. The van der Waals surface area contributed by atoms with E-state index in [1.807, 2.05) is 6.07 Å². The predicted molar refractivity (Wildman–Crippen MR) is 62.4 cm³/mol. The van der Waals surface area contributed by atoms with Crippen molar-refractivity contribution in [2.24, 2.45) is 0 Å². The first kappa shape index (κ1) is 11.8. The Bertz CT molecular complexity index is 378. The smallest absolute Gasteiger partial charge is 0.145 e. The summed E-state index contributed by atoms with van der Waals surface area (Å²) in [5.41, 5.74) is 1.64. The zero-order chi connectivity index (χ0) is 11.5. The van der Waals surface area contributed by atoms with Crippen molar-refractivity contribution >= 4 is 11.6 Å². The summed E-state index contributed by atoms with van der Waals surface area (Å²) in [7, 11) is 1.62. The summed E-state index contributed by atoms with van der Waals surface area (Å²) in [5.74, 6) is -0.0514. The van der Waals surface area contributed by atoms with Crippen LogP contribution in [0.15, 0.2) is 12.1 Å². The van der Waals surface area contributed by atoms with Gasteiger partial charge in [-0.05, 0) is 30.2 Å². The van der Waals surface area contributed by atoms with Gasteiger partial charge in [0.15, 0.2) is 0 Å². The lowest BCUT2D eigenvalue weighted by atomic mass is 9.96. The van der Waals surface area contributed by atoms with Gasteiger partial charge in [-0.1, -0.05) is 17.7 Å². The number of nitrogens with one attached hydrogen (secondary N) is 1. The average Bonchev–Trinajstić information content (AvgIpc) is 2.76. The molecule has 1 atom stereocenters. The molecule has 1 aromatic rings. The molecule has 1 fully saturated rings. The maximum atomic E-state index is 13.9. The third-order valence-corrected chi connectivity index (χ3v) is 3.20. The van der Waals surface area contributed by atoms with E-state index in [0.29, 0.717) is 12.2 Å². The van der Waals surface area contributed by atoms with Crippen molar-refractivity contribution < 1.29 is 9.13 Å². The molecule has 0 bridgehead atoms. The average molecular weight is 244 g/mol. The number of halogens is 2. The number of hydrogen-bond donors (Lipinski definition) is 1. The van der Waals surface area contributed by atoms with Gasteiger partial charge in [-0.3, -0.25) is 0 Å². The Morgan fingerprint density at radius 2 is 2.38 bits per heavy atom. The molecule has 1 unspecified atom stereocenters. The Balaban J connectivity index is 2.33. The van der Waals surface area contributed by atoms with E-state index in [9.17, 15) is 4.39 Å². The lowest BCUT2D eigenvalue weighted by Crippen LogP contribution is -2.09. The van der Waals surface area contributed by atoms with Gasteiger partial charge in [0.05, 0.1) is 11.6 Å². The number of rotatable bonds is 3. The van der Waals surface area contributed by atoms with Gasteiger partial charge >= 0.3 is 0 Å². The lowest BCUT2D eigenvalue weighted by Gasteiger charge is -2.13. The Labute approximate surface area is 99.7 Å². The minimum atomic E-state index is -0.282. The van der Waals surface area contributed by atoms with Crippen LogP contribution >= 0.6 is 11.6 Å². The monoisotopic (exact) mass is 243 g/mol. The Kier molecular flexibility index (Phi) is 3.79. The van der Waals surface area contributed by atoms with Crippen LogP contribution in [0.4, 0.5) is 4.39 Å². The van der Waals surface area contributed by atoms with Gasteiger partial charge in [-0.15, -0.1) is 0 Å². The molecule has 0 spiro atoms. The maximum Gasteiger partial charge on any atom is 0.145 e. The minimum Gasteiger partial charge on any atom is -0.380 e. The summed E-state index contributed by atoms with van der Waals surface area (Å²) in [6.07, 6.45) is 0.962. The quantitative estimate of drug-likeness (QED) is 0.882. The first-order chi connectivity index (χ1) is 7.72. The van der Waals surface area contributed by atoms with Crippen LogP contribution in [0.2, 0.25) is 5.02 Å². The number of hydrogen-bond acceptors (Lipinski definition) is 2. The van der Waals surface area contributed by atoms with Crippen LogP contribution in [-0.2, 0) is 11.3 Å². The summed E-state index contributed by atoms with van der Waals surface area (Å²) in [5, 5.41) is 3.42. The highest BCUT2D eigenvalue weighted by Crippen LogP contribution is 2.30. The second-order valence-electron chi connectivity index (χ2n) is 4.10. The Morgan fingerprint density at radius 3 is 3.00 bits per heavy atom. The van der Waals surface area contributed by atoms with Gasteiger partial charge in [-0.2, -0.15) is 0 Å². The van der Waals surface area contributed by atoms with Crippen LogP contribution in [0.3, 0.4) is 0 Å². The Morgan fingerprint density at radius 1 is 1.56 bits per heavy atom. The highest BCUT2D eigenvalue weighted by atomic mass is 35.5. The molecule has 4 heteroatoms. The Hall–Kier alpha value is -0.640. The van der Waals surface area contributed by atoms with Crippen LogP contribution < -0.4 is 5.32 Å². The molecule has 1 saturated heterocycles. The first-order valence-corrected chi connectivity index (χ1v) is 5.77. The molecule has 1 N–H and O–H groups in total. The number of ether oxygens (including phenoxy) is 1. The zero-order valence-corrected chi connectivity index (χ0v) is 9.98. The van der Waals surface area contributed by atoms with Crippen molar-refractivity contribution in [2.45, 2.75) is 18.9 Å². The predicted octanol–water partition coefficient (Wildman–Crippen LogP) is 2.70. The highest BCUT2D eigenvalue weighted by molar-refractivity contribution is 6.30. The molecule has 1 heterocycles. The van der Waals surface area contributed by atoms with Crippen molar-refractivity contribution in [3.05, 3.63) is 34.1 Å². The van der Waals surface area contributed by atoms with Crippen LogP contribution in [0.25, 0.3) is 0 Å². The van der Waals surface area contributed by atoms with Crippen molar-refractivity contribution in [1.82, 2.24) is 5.32 Å². The van der Waals surface area contributed by atoms with Crippen LogP contribution in [0, 0.1) is 5.82 Å². The van der Waals surface area contributed by atoms with Crippen LogP contribution in [0.1, 0.15) is 23.5 Å². The maximum absolute atomic E-state index is 13.9. The van der Waals surface area contributed by atoms with Gasteiger partial charge in [0.25, 0.3) is 0 Å². The van der Waals surface area contributed by atoms with E-state index in [4.69, 9.17) is 16.3 Å². The summed E-state index contributed by atoms with van der Waals surface area (Å²) >= 11 is 5.88. The standard InChI is InChI=1S/C12H15ClFNO/c1-16-7-8-4-10(9-2-3-15-6-9)12(14)11(13)5-8/h4-5,9,15H,2-3,6-7H2,1H3. The van der Waals surface area contributed by atoms with Crippen LogP contribution in [0.5, 0.6) is 0 Å². The summed E-state index contributed by atoms with van der Waals surface area (Å²) in [4.78, 5) is 0. The first-order valence-electron chi connectivity index (χ1n) is 5.40. The third-order valence-electron chi connectivity index (χ3n) is 2.93. The third kappa shape index (κ3) is 2.37. The fraction of sp³-hybridized carbons (Fsp3) is 0.500. The highest BCUT2D eigenvalue weighted by Gasteiger charge is 2.22. The molecule has 0 saturated carbocycles. The molecule has 1 aliphatic rings. The molecule has 16 heavy (non-hydrogen) atoms. The molecule has 88 valence electrons. The van der Waals surface area contributed by atoms with Crippen molar-refractivity contribution in [3.8, 4) is 0 Å². The lowest BCUT2D eigenvalue weighted by molar-refractivity contribution is 0.184. The summed E-state index contributed by atoms with van der Waals surface area (Å²) < 4.78 is 18.9. The van der Waals surface area contributed by atoms with Gasteiger partial charge in [0, 0.05) is 19.6 Å². The largest absolute Gasteiger partial charge is 0.380 e. The molecule has 0 radical (unpaired) electrons. The van der Waals surface area contributed by atoms with E-state index >= 15 is 0 Å².